The smallest absolute Gasteiger partial charge is 0.255 e. The van der Waals surface area contributed by atoms with E-state index in [9.17, 15) is 8.78 Å². The second kappa shape index (κ2) is 4.54. The van der Waals surface area contributed by atoms with Crippen molar-refractivity contribution in [1.29, 1.82) is 0 Å². The maximum Gasteiger partial charge on any atom is 0.255 e. The number of hydrogen-bond donors (Lipinski definition) is 1. The van der Waals surface area contributed by atoms with Gasteiger partial charge < -0.3 is 5.32 Å². The lowest BCUT2D eigenvalue weighted by molar-refractivity contribution is 0.0648. The van der Waals surface area contributed by atoms with Crippen LogP contribution in [-0.4, -0.2) is 19.0 Å². The molecular formula is C11H20ClF2N. The minimum absolute atomic E-state index is 0. The quantitative estimate of drug-likeness (QED) is 0.781. The first-order valence-corrected chi connectivity index (χ1v) is 5.63. The number of piperidine rings is 1. The predicted octanol–water partition coefficient (Wildman–Crippen LogP) is 2.95. The summed E-state index contributed by atoms with van der Waals surface area (Å²) in [7, 11) is 0. The van der Waals surface area contributed by atoms with Gasteiger partial charge in [0.15, 0.2) is 0 Å². The molecule has 0 radical (unpaired) electrons. The lowest BCUT2D eigenvalue weighted by Gasteiger charge is -2.22. The molecule has 1 saturated carbocycles. The third-order valence-electron chi connectivity index (χ3n) is 3.78. The molecule has 0 amide bonds. The fraction of sp³-hybridized carbons (Fsp3) is 1.00. The Morgan fingerprint density at radius 1 is 1.20 bits per heavy atom. The zero-order valence-corrected chi connectivity index (χ0v) is 10.1. The van der Waals surface area contributed by atoms with Gasteiger partial charge >= 0.3 is 0 Å². The summed E-state index contributed by atoms with van der Waals surface area (Å²) in [6.07, 6.45) is 1.87. The molecule has 0 spiro atoms. The molecule has 1 saturated heterocycles. The van der Waals surface area contributed by atoms with Crippen molar-refractivity contribution >= 4 is 12.4 Å². The molecule has 4 heteroatoms. The first-order chi connectivity index (χ1) is 6.55. The predicted molar refractivity (Wildman–Crippen MR) is 59.6 cm³/mol. The zero-order chi connectivity index (χ0) is 10.3. The highest BCUT2D eigenvalue weighted by molar-refractivity contribution is 5.85. The van der Waals surface area contributed by atoms with Gasteiger partial charge in [0, 0.05) is 11.8 Å². The van der Waals surface area contributed by atoms with E-state index in [1.165, 1.54) is 0 Å². The van der Waals surface area contributed by atoms with Gasteiger partial charge in [0.05, 0.1) is 0 Å². The van der Waals surface area contributed by atoms with Crippen LogP contribution in [-0.2, 0) is 0 Å². The van der Waals surface area contributed by atoms with Gasteiger partial charge in [-0.05, 0) is 37.8 Å². The minimum Gasteiger partial charge on any atom is -0.317 e. The molecule has 2 unspecified atom stereocenters. The molecule has 2 rings (SSSR count). The molecule has 15 heavy (non-hydrogen) atoms. The standard InChI is InChI=1S/C11H19F2N.ClH/c1-7(2)9-10(11(9,12)13)8-3-5-14-6-4-8;/h7-10,14H,3-6H2,1-2H3;1H. The molecule has 1 heterocycles. The average Bonchev–Trinajstić information content (AvgIpc) is 2.71. The summed E-state index contributed by atoms with van der Waals surface area (Å²) in [5.41, 5.74) is 0. The molecule has 1 aliphatic carbocycles. The summed E-state index contributed by atoms with van der Waals surface area (Å²) < 4.78 is 27.0. The fourth-order valence-electron chi connectivity index (χ4n) is 3.05. The van der Waals surface area contributed by atoms with Crippen molar-refractivity contribution in [2.45, 2.75) is 32.6 Å². The Morgan fingerprint density at radius 3 is 2.13 bits per heavy atom. The second-order valence-corrected chi connectivity index (χ2v) is 5.06. The first-order valence-electron chi connectivity index (χ1n) is 5.63. The summed E-state index contributed by atoms with van der Waals surface area (Å²) in [5.74, 6) is -2.63. The van der Waals surface area contributed by atoms with Gasteiger partial charge in [-0.25, -0.2) is 8.78 Å². The van der Waals surface area contributed by atoms with Crippen molar-refractivity contribution in [2.75, 3.05) is 13.1 Å². The third-order valence-corrected chi connectivity index (χ3v) is 3.78. The van der Waals surface area contributed by atoms with Crippen LogP contribution in [0.2, 0.25) is 0 Å². The fourth-order valence-corrected chi connectivity index (χ4v) is 3.05. The molecule has 2 atom stereocenters. The molecule has 1 aliphatic heterocycles. The molecule has 0 aromatic carbocycles. The Bertz CT molecular complexity index is 215. The first kappa shape index (κ1) is 13.2. The molecular weight excluding hydrogens is 220 g/mol. The van der Waals surface area contributed by atoms with Crippen molar-refractivity contribution in [2.24, 2.45) is 23.7 Å². The summed E-state index contributed by atoms with van der Waals surface area (Å²) in [4.78, 5) is 0. The highest BCUT2D eigenvalue weighted by Crippen LogP contribution is 2.63. The van der Waals surface area contributed by atoms with Gasteiger partial charge in [0.25, 0.3) is 5.92 Å². The van der Waals surface area contributed by atoms with Crippen LogP contribution in [0.1, 0.15) is 26.7 Å². The summed E-state index contributed by atoms with van der Waals surface area (Å²) >= 11 is 0. The average molecular weight is 240 g/mol. The maximum atomic E-state index is 13.5. The Morgan fingerprint density at radius 2 is 1.73 bits per heavy atom. The monoisotopic (exact) mass is 239 g/mol. The Hall–Kier alpha value is 0.110. The molecule has 0 bridgehead atoms. The topological polar surface area (TPSA) is 12.0 Å². The van der Waals surface area contributed by atoms with Crippen LogP contribution < -0.4 is 5.32 Å². The lowest BCUT2D eigenvalue weighted by atomic mass is 9.90. The van der Waals surface area contributed by atoms with Gasteiger partial charge in [-0.15, -0.1) is 12.4 Å². The van der Waals surface area contributed by atoms with Gasteiger partial charge in [-0.3, -0.25) is 0 Å². The van der Waals surface area contributed by atoms with Crippen LogP contribution >= 0.6 is 12.4 Å². The maximum absolute atomic E-state index is 13.5. The van der Waals surface area contributed by atoms with Crippen LogP contribution in [0.5, 0.6) is 0 Å². The zero-order valence-electron chi connectivity index (χ0n) is 9.30. The van der Waals surface area contributed by atoms with Crippen LogP contribution in [0.3, 0.4) is 0 Å². The van der Waals surface area contributed by atoms with E-state index in [4.69, 9.17) is 0 Å². The van der Waals surface area contributed by atoms with Gasteiger partial charge in [-0.1, -0.05) is 13.8 Å². The molecule has 1 N–H and O–H groups in total. The van der Waals surface area contributed by atoms with E-state index in [-0.39, 0.29) is 36.1 Å². The van der Waals surface area contributed by atoms with Crippen molar-refractivity contribution in [3.8, 4) is 0 Å². The van der Waals surface area contributed by atoms with Crippen molar-refractivity contribution < 1.29 is 8.78 Å². The SMILES string of the molecule is CC(C)C1C(C2CCNCC2)C1(F)F.Cl. The number of halogens is 3. The van der Waals surface area contributed by atoms with Crippen molar-refractivity contribution in [3.63, 3.8) is 0 Å². The molecule has 1 nitrogen and oxygen atoms in total. The summed E-state index contributed by atoms with van der Waals surface area (Å²) in [6.45, 7) is 5.67. The van der Waals surface area contributed by atoms with E-state index in [0.29, 0.717) is 0 Å². The normalized spacial score (nSPS) is 35.0. The van der Waals surface area contributed by atoms with Gasteiger partial charge in [0.2, 0.25) is 0 Å². The van der Waals surface area contributed by atoms with E-state index < -0.39 is 5.92 Å². The molecule has 2 fully saturated rings. The third kappa shape index (κ3) is 2.28. The molecule has 90 valence electrons. The van der Waals surface area contributed by atoms with E-state index in [1.54, 1.807) is 0 Å². The largest absolute Gasteiger partial charge is 0.317 e. The van der Waals surface area contributed by atoms with Crippen LogP contribution in [0, 0.1) is 23.7 Å². The van der Waals surface area contributed by atoms with Crippen LogP contribution in [0.4, 0.5) is 8.78 Å². The van der Waals surface area contributed by atoms with Crippen LogP contribution in [0.15, 0.2) is 0 Å². The van der Waals surface area contributed by atoms with Crippen molar-refractivity contribution in [1.82, 2.24) is 5.32 Å². The summed E-state index contributed by atoms with van der Waals surface area (Å²) in [6, 6.07) is 0. The summed E-state index contributed by atoms with van der Waals surface area (Å²) in [5, 5.41) is 3.22. The van der Waals surface area contributed by atoms with E-state index in [0.717, 1.165) is 25.9 Å². The van der Waals surface area contributed by atoms with Gasteiger partial charge in [0.1, 0.15) is 0 Å². The highest BCUT2D eigenvalue weighted by Gasteiger charge is 2.70. The lowest BCUT2D eigenvalue weighted by Crippen LogP contribution is -2.29. The number of nitrogens with one attached hydrogen (secondary N) is 1. The minimum atomic E-state index is -2.36. The Balaban J connectivity index is 0.00000112. The number of hydrogen-bond acceptors (Lipinski definition) is 1. The number of alkyl halides is 2. The van der Waals surface area contributed by atoms with Gasteiger partial charge in [-0.2, -0.15) is 0 Å². The molecule has 0 aromatic rings. The van der Waals surface area contributed by atoms with E-state index >= 15 is 0 Å². The number of rotatable bonds is 2. The molecule has 0 aromatic heterocycles. The van der Waals surface area contributed by atoms with E-state index in [1.807, 2.05) is 13.8 Å². The Kier molecular flexibility index (Phi) is 3.99. The van der Waals surface area contributed by atoms with Crippen LogP contribution in [0.25, 0.3) is 0 Å². The molecule has 2 aliphatic rings. The highest BCUT2D eigenvalue weighted by atomic mass is 35.5. The van der Waals surface area contributed by atoms with Crippen molar-refractivity contribution in [3.05, 3.63) is 0 Å². The van der Waals surface area contributed by atoms with E-state index in [2.05, 4.69) is 5.32 Å². The Labute approximate surface area is 96.4 Å². The second-order valence-electron chi connectivity index (χ2n) is 5.06.